The Morgan fingerprint density at radius 1 is 1.18 bits per heavy atom. The minimum absolute atomic E-state index is 0.373. The van der Waals surface area contributed by atoms with Crippen LogP contribution in [0.15, 0.2) is 0 Å². The van der Waals surface area contributed by atoms with Crippen molar-refractivity contribution in [3.63, 3.8) is 0 Å². The lowest BCUT2D eigenvalue weighted by molar-refractivity contribution is 0.475. The molecule has 0 aromatic carbocycles. The smallest absolute Gasteiger partial charge is 0.111 e. The molecule has 0 amide bonds. The number of nitrogens with zero attached hydrogens (tertiary/aromatic N) is 1. The van der Waals surface area contributed by atoms with E-state index in [4.69, 9.17) is 0 Å². The molecule has 1 fully saturated rings. The van der Waals surface area contributed by atoms with E-state index in [2.05, 4.69) is 18.4 Å². The normalized spacial score (nSPS) is 28.1. The van der Waals surface area contributed by atoms with Crippen LogP contribution in [0.4, 0.5) is 0 Å². The molecule has 1 aliphatic heterocycles. The third-order valence-electron chi connectivity index (χ3n) is 2.90. The van der Waals surface area contributed by atoms with E-state index in [-0.39, 0.29) is 8.96 Å². The summed E-state index contributed by atoms with van der Waals surface area (Å²) in [7, 11) is 0.0644. The Morgan fingerprint density at radius 3 is 2.18 bits per heavy atom. The molecule has 1 rings (SSSR count). The summed E-state index contributed by atoms with van der Waals surface area (Å²) in [5.74, 6) is 0. The minimum Gasteiger partial charge on any atom is -0.327 e. The van der Waals surface area contributed by atoms with Gasteiger partial charge in [-0.3, -0.25) is 0 Å². The fourth-order valence-electron chi connectivity index (χ4n) is 2.19. The molecule has 0 aromatic heterocycles. The maximum absolute atomic E-state index is 2.77. The molecule has 11 heavy (non-hydrogen) atoms. The van der Waals surface area contributed by atoms with E-state index < -0.39 is 0 Å². The van der Waals surface area contributed by atoms with Gasteiger partial charge in [-0.25, -0.2) is 0 Å². The molecular weight excluding hydrogens is 166 g/mol. The van der Waals surface area contributed by atoms with Crippen LogP contribution in [0.2, 0.25) is 24.2 Å². The summed E-state index contributed by atoms with van der Waals surface area (Å²) in [5, 5.41) is 0. The Kier molecular flexibility index (Phi) is 4.41. The molecule has 1 heterocycles. The predicted octanol–water partition coefficient (Wildman–Crippen LogP) is 1.07. The summed E-state index contributed by atoms with van der Waals surface area (Å²) in [5.41, 5.74) is 0. The van der Waals surface area contributed by atoms with Crippen molar-refractivity contribution in [2.24, 2.45) is 0 Å². The van der Waals surface area contributed by atoms with E-state index in [1.54, 1.807) is 24.2 Å². The zero-order chi connectivity index (χ0) is 8.10. The molecule has 0 aliphatic carbocycles. The highest BCUT2D eigenvalue weighted by molar-refractivity contribution is 6.61. The molecule has 0 atom stereocenters. The number of rotatable bonds is 3. The van der Waals surface area contributed by atoms with Gasteiger partial charge in [-0.2, -0.15) is 0 Å². The molecule has 0 aromatic rings. The van der Waals surface area contributed by atoms with E-state index in [0.29, 0.717) is 9.52 Å². The molecule has 1 saturated heterocycles. The van der Waals surface area contributed by atoms with Crippen molar-refractivity contribution < 1.29 is 0 Å². The van der Waals surface area contributed by atoms with Gasteiger partial charge in [0.05, 0.1) is 0 Å². The second kappa shape index (κ2) is 5.11. The first-order chi connectivity index (χ1) is 5.38. The molecule has 0 saturated carbocycles. The number of hydrogen-bond donors (Lipinski definition) is 0. The van der Waals surface area contributed by atoms with E-state index in [0.717, 1.165) is 0 Å². The van der Waals surface area contributed by atoms with Gasteiger partial charge in [-0.05, 0) is 25.2 Å². The van der Waals surface area contributed by atoms with Gasteiger partial charge in [0.25, 0.3) is 0 Å². The van der Waals surface area contributed by atoms with Crippen LogP contribution in [-0.4, -0.2) is 36.1 Å². The lowest BCUT2D eigenvalue weighted by atomic mass is 10.7. The molecule has 0 spiro atoms. The van der Waals surface area contributed by atoms with Crippen LogP contribution >= 0.6 is 0 Å². The van der Waals surface area contributed by atoms with Gasteiger partial charge in [0.15, 0.2) is 0 Å². The lowest BCUT2D eigenvalue weighted by Crippen LogP contribution is -2.40. The highest BCUT2D eigenvalue weighted by Crippen LogP contribution is 2.17. The van der Waals surface area contributed by atoms with Crippen LogP contribution < -0.4 is 0 Å². The molecule has 1 nitrogen and oxygen atoms in total. The summed E-state index contributed by atoms with van der Waals surface area (Å²) in [6, 6.07) is 6.61. The van der Waals surface area contributed by atoms with E-state index >= 15 is 0 Å². The van der Waals surface area contributed by atoms with Gasteiger partial charge in [0.2, 0.25) is 0 Å². The second-order valence-corrected chi connectivity index (χ2v) is 8.83. The molecule has 3 heteroatoms. The largest absolute Gasteiger partial charge is 0.327 e. The van der Waals surface area contributed by atoms with Gasteiger partial charge in [-0.1, -0.05) is 25.9 Å². The van der Waals surface area contributed by atoms with E-state index in [9.17, 15) is 0 Å². The van der Waals surface area contributed by atoms with Gasteiger partial charge >= 0.3 is 0 Å². The van der Waals surface area contributed by atoms with Gasteiger partial charge in [0.1, 0.15) is 8.96 Å². The van der Waals surface area contributed by atoms with Crippen molar-refractivity contribution in [3.05, 3.63) is 0 Å². The van der Waals surface area contributed by atoms with Gasteiger partial charge < -0.3 is 4.57 Å². The first-order valence-electron chi connectivity index (χ1n) is 5.12. The van der Waals surface area contributed by atoms with Crippen LogP contribution in [-0.2, 0) is 0 Å². The quantitative estimate of drug-likeness (QED) is 0.598. The van der Waals surface area contributed by atoms with E-state index in [1.165, 1.54) is 13.1 Å². The van der Waals surface area contributed by atoms with Crippen molar-refractivity contribution in [1.29, 1.82) is 0 Å². The fourth-order valence-corrected chi connectivity index (χ4v) is 10.7. The Bertz CT molecular complexity index is 98.3. The SMILES string of the molecule is CCN(CC)[SiH]1CC[SiH2]CC1. The molecular formula is C8H21NSi2. The van der Waals surface area contributed by atoms with Crippen LogP contribution in [0.5, 0.6) is 0 Å². The standard InChI is InChI=1S/C8H21NSi2/c1-3-9(4-2)11-7-5-10-6-8-11/h11H,3-8,10H2,1-2H3. The summed E-state index contributed by atoms with van der Waals surface area (Å²) in [6.45, 7) is 7.27. The van der Waals surface area contributed by atoms with Gasteiger partial charge in [-0.15, -0.1) is 0 Å². The average molecular weight is 187 g/mol. The van der Waals surface area contributed by atoms with Crippen LogP contribution in [0.3, 0.4) is 0 Å². The Hall–Kier alpha value is 0.394. The first kappa shape index (κ1) is 9.48. The molecule has 0 N–H and O–H groups in total. The molecule has 0 bridgehead atoms. The molecule has 66 valence electrons. The second-order valence-electron chi connectivity index (χ2n) is 3.51. The monoisotopic (exact) mass is 187 g/mol. The predicted molar refractivity (Wildman–Crippen MR) is 57.8 cm³/mol. The van der Waals surface area contributed by atoms with Crippen molar-refractivity contribution >= 4 is 18.5 Å². The summed E-state index contributed by atoms with van der Waals surface area (Å²) in [6.07, 6.45) is 0. The van der Waals surface area contributed by atoms with Gasteiger partial charge in [0, 0.05) is 9.52 Å². The Morgan fingerprint density at radius 2 is 1.73 bits per heavy atom. The highest BCUT2D eigenvalue weighted by atomic mass is 28.3. The maximum Gasteiger partial charge on any atom is 0.111 e. The first-order valence-corrected chi connectivity index (χ1v) is 9.27. The third kappa shape index (κ3) is 2.72. The van der Waals surface area contributed by atoms with Crippen LogP contribution in [0, 0.1) is 0 Å². The zero-order valence-electron chi connectivity index (χ0n) is 7.97. The van der Waals surface area contributed by atoms with Crippen molar-refractivity contribution in [2.75, 3.05) is 13.1 Å². The fraction of sp³-hybridized carbons (Fsp3) is 1.00. The minimum atomic E-state index is -0.373. The van der Waals surface area contributed by atoms with Crippen molar-refractivity contribution in [3.8, 4) is 0 Å². The maximum atomic E-state index is 2.77. The Labute approximate surface area is 74.7 Å². The topological polar surface area (TPSA) is 3.24 Å². The Balaban J connectivity index is 2.30. The van der Waals surface area contributed by atoms with Crippen LogP contribution in [0.25, 0.3) is 0 Å². The molecule has 1 aliphatic rings. The van der Waals surface area contributed by atoms with Crippen LogP contribution in [0.1, 0.15) is 13.8 Å². The summed E-state index contributed by atoms with van der Waals surface area (Å²) >= 11 is 0. The highest BCUT2D eigenvalue weighted by Gasteiger charge is 2.19. The molecule has 0 unspecified atom stereocenters. The van der Waals surface area contributed by atoms with E-state index in [1.807, 2.05) is 0 Å². The molecule has 0 radical (unpaired) electrons. The zero-order valence-corrected chi connectivity index (χ0v) is 10.5. The van der Waals surface area contributed by atoms with Crippen molar-refractivity contribution in [2.45, 2.75) is 38.0 Å². The number of hydrogen-bond acceptors (Lipinski definition) is 1. The average Bonchev–Trinajstić information content (AvgIpc) is 2.09. The summed E-state index contributed by atoms with van der Waals surface area (Å²) in [4.78, 5) is 0. The summed E-state index contributed by atoms with van der Waals surface area (Å²) < 4.78 is 2.77. The third-order valence-corrected chi connectivity index (χ3v) is 10.3. The lowest BCUT2D eigenvalue weighted by Gasteiger charge is -2.31. The van der Waals surface area contributed by atoms with Crippen molar-refractivity contribution in [1.82, 2.24) is 4.57 Å².